The number of aromatic nitrogens is 4. The zero-order chi connectivity index (χ0) is 12.5. The van der Waals surface area contributed by atoms with Crippen LogP contribution in [0.15, 0.2) is 22.1 Å². The van der Waals surface area contributed by atoms with Gasteiger partial charge in [-0.25, -0.2) is 4.98 Å². The third-order valence-electron chi connectivity index (χ3n) is 2.48. The second kappa shape index (κ2) is 4.66. The molecule has 0 aliphatic rings. The van der Waals surface area contributed by atoms with Crippen LogP contribution in [0.25, 0.3) is 21.6 Å². The molecule has 0 spiro atoms. The standard InChI is InChI=1S/C11H10BrN5S/c1-2-13-11-15-8(9-7(12)3-4-18-9)6-5-14-17-10(6)16-11/h3-5H,2H2,1H3,(H2,13,14,15,16,17). The Kier molecular flexibility index (Phi) is 3.00. The van der Waals surface area contributed by atoms with Crippen LogP contribution in [0.5, 0.6) is 0 Å². The molecule has 5 nitrogen and oxygen atoms in total. The lowest BCUT2D eigenvalue weighted by atomic mass is 10.2. The molecule has 18 heavy (non-hydrogen) atoms. The third-order valence-corrected chi connectivity index (χ3v) is 4.32. The minimum absolute atomic E-state index is 0.615. The minimum atomic E-state index is 0.615. The van der Waals surface area contributed by atoms with Gasteiger partial charge in [-0.15, -0.1) is 11.3 Å². The zero-order valence-corrected chi connectivity index (χ0v) is 12.0. The lowest BCUT2D eigenvalue weighted by molar-refractivity contribution is 1.07. The van der Waals surface area contributed by atoms with Crippen LogP contribution >= 0.6 is 27.3 Å². The molecule has 3 aromatic heterocycles. The summed E-state index contributed by atoms with van der Waals surface area (Å²) in [6.07, 6.45) is 1.76. The van der Waals surface area contributed by atoms with Crippen molar-refractivity contribution in [1.82, 2.24) is 20.2 Å². The summed E-state index contributed by atoms with van der Waals surface area (Å²) >= 11 is 5.18. The van der Waals surface area contributed by atoms with Crippen molar-refractivity contribution in [3.63, 3.8) is 0 Å². The number of nitrogens with one attached hydrogen (secondary N) is 2. The fourth-order valence-electron chi connectivity index (χ4n) is 1.71. The first-order valence-electron chi connectivity index (χ1n) is 5.48. The molecule has 3 aromatic rings. The molecule has 0 aromatic carbocycles. The van der Waals surface area contributed by atoms with Crippen LogP contribution in [0.2, 0.25) is 0 Å². The maximum atomic E-state index is 4.56. The molecule has 0 amide bonds. The van der Waals surface area contributed by atoms with Gasteiger partial charge >= 0.3 is 0 Å². The van der Waals surface area contributed by atoms with E-state index in [9.17, 15) is 0 Å². The van der Waals surface area contributed by atoms with E-state index >= 15 is 0 Å². The molecule has 0 saturated carbocycles. The molecule has 0 saturated heterocycles. The van der Waals surface area contributed by atoms with Crippen LogP contribution in [0, 0.1) is 0 Å². The van der Waals surface area contributed by atoms with Gasteiger partial charge in [0.2, 0.25) is 5.95 Å². The molecule has 0 fully saturated rings. The van der Waals surface area contributed by atoms with Crippen molar-refractivity contribution in [3.05, 3.63) is 22.1 Å². The summed E-state index contributed by atoms with van der Waals surface area (Å²) in [5, 5.41) is 13.0. The molecule has 0 aliphatic heterocycles. The van der Waals surface area contributed by atoms with Gasteiger partial charge in [0.05, 0.1) is 22.2 Å². The first-order chi connectivity index (χ1) is 8.79. The van der Waals surface area contributed by atoms with Crippen molar-refractivity contribution >= 4 is 44.2 Å². The van der Waals surface area contributed by atoms with Crippen LogP contribution < -0.4 is 5.32 Å². The molecular weight excluding hydrogens is 314 g/mol. The van der Waals surface area contributed by atoms with E-state index in [4.69, 9.17) is 0 Å². The Hall–Kier alpha value is -1.47. The fraction of sp³-hybridized carbons (Fsp3) is 0.182. The van der Waals surface area contributed by atoms with E-state index in [0.717, 1.165) is 32.6 Å². The number of hydrogen-bond acceptors (Lipinski definition) is 5. The van der Waals surface area contributed by atoms with Crippen molar-refractivity contribution in [3.8, 4) is 10.6 Å². The summed E-state index contributed by atoms with van der Waals surface area (Å²) in [7, 11) is 0. The summed E-state index contributed by atoms with van der Waals surface area (Å²) < 4.78 is 1.04. The van der Waals surface area contributed by atoms with E-state index in [1.54, 1.807) is 17.5 Å². The molecule has 0 bridgehead atoms. The second-order valence-corrected chi connectivity index (χ2v) is 5.43. The molecule has 0 radical (unpaired) electrons. The number of nitrogens with zero attached hydrogens (tertiary/aromatic N) is 3. The highest BCUT2D eigenvalue weighted by atomic mass is 79.9. The Balaban J connectivity index is 2.26. The minimum Gasteiger partial charge on any atom is -0.354 e. The Bertz CT molecular complexity index is 690. The zero-order valence-electron chi connectivity index (χ0n) is 9.57. The Morgan fingerprint density at radius 1 is 1.44 bits per heavy atom. The topological polar surface area (TPSA) is 66.5 Å². The molecule has 7 heteroatoms. The van der Waals surface area contributed by atoms with Gasteiger partial charge in [-0.05, 0) is 34.3 Å². The largest absolute Gasteiger partial charge is 0.354 e. The molecule has 0 unspecified atom stereocenters. The maximum Gasteiger partial charge on any atom is 0.225 e. The van der Waals surface area contributed by atoms with Crippen molar-refractivity contribution in [1.29, 1.82) is 0 Å². The predicted octanol–water partition coefficient (Wildman–Crippen LogP) is 3.28. The van der Waals surface area contributed by atoms with Gasteiger partial charge in [-0.3, -0.25) is 5.10 Å². The van der Waals surface area contributed by atoms with E-state index in [0.29, 0.717) is 5.95 Å². The van der Waals surface area contributed by atoms with E-state index in [1.165, 1.54) is 0 Å². The quantitative estimate of drug-likeness (QED) is 0.776. The van der Waals surface area contributed by atoms with Gasteiger partial charge in [-0.1, -0.05) is 0 Å². The SMILES string of the molecule is CCNc1nc(-c2sccc2Br)c2cn[nH]c2n1. The van der Waals surface area contributed by atoms with Crippen molar-refractivity contribution in [2.24, 2.45) is 0 Å². The van der Waals surface area contributed by atoms with Crippen LogP contribution in [-0.2, 0) is 0 Å². The maximum absolute atomic E-state index is 4.56. The number of fused-ring (bicyclic) bond motifs is 1. The van der Waals surface area contributed by atoms with E-state index in [-0.39, 0.29) is 0 Å². The Morgan fingerprint density at radius 3 is 3.06 bits per heavy atom. The number of halogens is 1. The van der Waals surface area contributed by atoms with Crippen LogP contribution in [0.3, 0.4) is 0 Å². The highest BCUT2D eigenvalue weighted by molar-refractivity contribution is 9.10. The molecule has 3 rings (SSSR count). The highest BCUT2D eigenvalue weighted by Crippen LogP contribution is 2.36. The van der Waals surface area contributed by atoms with Crippen LogP contribution in [0.1, 0.15) is 6.92 Å². The number of hydrogen-bond donors (Lipinski definition) is 2. The molecule has 3 heterocycles. The normalized spacial score (nSPS) is 11.0. The van der Waals surface area contributed by atoms with Crippen molar-refractivity contribution in [2.75, 3.05) is 11.9 Å². The van der Waals surface area contributed by atoms with Crippen molar-refractivity contribution < 1.29 is 0 Å². The van der Waals surface area contributed by atoms with Gasteiger partial charge in [0, 0.05) is 11.0 Å². The van der Waals surface area contributed by atoms with E-state index < -0.39 is 0 Å². The Morgan fingerprint density at radius 2 is 2.33 bits per heavy atom. The van der Waals surface area contributed by atoms with Crippen LogP contribution in [-0.4, -0.2) is 26.7 Å². The molecular formula is C11H10BrN5S. The first kappa shape index (κ1) is 11.6. The van der Waals surface area contributed by atoms with E-state index in [1.807, 2.05) is 18.4 Å². The summed E-state index contributed by atoms with van der Waals surface area (Å²) in [5.41, 5.74) is 1.64. The smallest absolute Gasteiger partial charge is 0.225 e. The average molecular weight is 324 g/mol. The third kappa shape index (κ3) is 1.89. The van der Waals surface area contributed by atoms with Gasteiger partial charge in [-0.2, -0.15) is 10.1 Å². The van der Waals surface area contributed by atoms with Gasteiger partial charge in [0.1, 0.15) is 0 Å². The van der Waals surface area contributed by atoms with E-state index in [2.05, 4.69) is 41.4 Å². The van der Waals surface area contributed by atoms with Crippen LogP contribution in [0.4, 0.5) is 5.95 Å². The predicted molar refractivity (Wildman–Crippen MR) is 76.9 cm³/mol. The average Bonchev–Trinajstić information content (AvgIpc) is 2.97. The summed E-state index contributed by atoms with van der Waals surface area (Å²) in [5.74, 6) is 0.615. The highest BCUT2D eigenvalue weighted by Gasteiger charge is 2.14. The number of rotatable bonds is 3. The van der Waals surface area contributed by atoms with Gasteiger partial charge in [0.15, 0.2) is 5.65 Å². The number of anilines is 1. The molecule has 0 aliphatic carbocycles. The number of H-pyrrole nitrogens is 1. The summed E-state index contributed by atoms with van der Waals surface area (Å²) in [6.45, 7) is 2.80. The van der Waals surface area contributed by atoms with Gasteiger partial charge < -0.3 is 5.32 Å². The fourth-order valence-corrected chi connectivity index (χ4v) is 3.27. The van der Waals surface area contributed by atoms with Crippen molar-refractivity contribution in [2.45, 2.75) is 6.92 Å². The Labute approximate surface area is 116 Å². The molecule has 92 valence electrons. The second-order valence-electron chi connectivity index (χ2n) is 3.66. The summed E-state index contributed by atoms with van der Waals surface area (Å²) in [4.78, 5) is 10.0. The first-order valence-corrected chi connectivity index (χ1v) is 7.15. The lowest BCUT2D eigenvalue weighted by Gasteiger charge is -2.05. The number of aromatic amines is 1. The molecule has 2 N–H and O–H groups in total. The lowest BCUT2D eigenvalue weighted by Crippen LogP contribution is -2.03. The molecule has 0 atom stereocenters. The van der Waals surface area contributed by atoms with Gasteiger partial charge in [0.25, 0.3) is 0 Å². The monoisotopic (exact) mass is 323 g/mol. The summed E-state index contributed by atoms with van der Waals surface area (Å²) in [6, 6.07) is 2.01. The number of thiophene rings is 1.